The summed E-state index contributed by atoms with van der Waals surface area (Å²) in [5.74, 6) is 0.897. The molecule has 0 aliphatic heterocycles. The van der Waals surface area contributed by atoms with E-state index in [1.165, 1.54) is 0 Å². The first-order valence-corrected chi connectivity index (χ1v) is 5.77. The van der Waals surface area contributed by atoms with Crippen LogP contribution in [-0.2, 0) is 0 Å². The molecule has 4 nitrogen and oxygen atoms in total. The number of anilines is 1. The molecular weight excluding hydrogens is 202 g/mol. The lowest BCUT2D eigenvalue weighted by atomic mass is 10.1. The maximum Gasteiger partial charge on any atom is 0.133 e. The van der Waals surface area contributed by atoms with Crippen molar-refractivity contribution in [2.24, 2.45) is 5.73 Å². The minimum atomic E-state index is -0.0400. The van der Waals surface area contributed by atoms with Crippen molar-refractivity contribution in [2.75, 3.05) is 24.6 Å². The van der Waals surface area contributed by atoms with Crippen LogP contribution in [0.5, 0.6) is 0 Å². The van der Waals surface area contributed by atoms with Crippen LogP contribution in [0.15, 0.2) is 18.3 Å². The van der Waals surface area contributed by atoms with E-state index in [9.17, 15) is 0 Å². The van der Waals surface area contributed by atoms with E-state index in [0.29, 0.717) is 6.54 Å². The summed E-state index contributed by atoms with van der Waals surface area (Å²) in [6, 6.07) is 3.85. The molecule has 0 fully saturated rings. The van der Waals surface area contributed by atoms with E-state index in [1.807, 2.05) is 19.1 Å². The second kappa shape index (κ2) is 6.45. The normalized spacial score (nSPS) is 12.5. The van der Waals surface area contributed by atoms with Gasteiger partial charge >= 0.3 is 0 Å². The molecule has 0 unspecified atom stereocenters. The van der Waals surface area contributed by atoms with Crippen LogP contribution in [0.1, 0.15) is 31.9 Å². The Balaban J connectivity index is 2.97. The van der Waals surface area contributed by atoms with Crippen LogP contribution < -0.4 is 10.6 Å². The molecule has 1 heterocycles. The van der Waals surface area contributed by atoms with Crippen LogP contribution in [0.3, 0.4) is 0 Å². The Labute approximate surface area is 97.1 Å². The fraction of sp³-hybridized carbons (Fsp3) is 0.583. The van der Waals surface area contributed by atoms with Gasteiger partial charge in [-0.05, 0) is 19.4 Å². The van der Waals surface area contributed by atoms with Crippen molar-refractivity contribution in [3.8, 4) is 0 Å². The number of hydrogen-bond donors (Lipinski definition) is 2. The van der Waals surface area contributed by atoms with E-state index in [4.69, 9.17) is 10.8 Å². The van der Waals surface area contributed by atoms with Gasteiger partial charge in [0.05, 0.1) is 6.61 Å². The van der Waals surface area contributed by atoms with Crippen LogP contribution >= 0.6 is 0 Å². The fourth-order valence-electron chi connectivity index (χ4n) is 1.74. The Morgan fingerprint density at radius 1 is 1.50 bits per heavy atom. The Hall–Kier alpha value is -1.13. The number of hydrogen-bond acceptors (Lipinski definition) is 4. The van der Waals surface area contributed by atoms with Crippen LogP contribution in [0.4, 0.5) is 5.82 Å². The SMILES string of the molecule is CCCN(CCO)c1ncccc1[C@H](C)N. The molecular formula is C12H21N3O. The highest BCUT2D eigenvalue weighted by Crippen LogP contribution is 2.22. The van der Waals surface area contributed by atoms with E-state index >= 15 is 0 Å². The number of aliphatic hydroxyl groups is 1. The molecule has 0 bridgehead atoms. The smallest absolute Gasteiger partial charge is 0.133 e. The number of pyridine rings is 1. The third kappa shape index (κ3) is 3.18. The molecule has 0 aliphatic rings. The predicted octanol–water partition coefficient (Wildman–Crippen LogP) is 1.31. The highest BCUT2D eigenvalue weighted by atomic mass is 16.3. The zero-order valence-electron chi connectivity index (χ0n) is 10.1. The molecule has 1 aromatic rings. The number of aromatic nitrogens is 1. The van der Waals surface area contributed by atoms with Crippen molar-refractivity contribution in [1.29, 1.82) is 0 Å². The summed E-state index contributed by atoms with van der Waals surface area (Å²) < 4.78 is 0. The first-order chi connectivity index (χ1) is 7.70. The summed E-state index contributed by atoms with van der Waals surface area (Å²) in [6.07, 6.45) is 2.79. The molecule has 0 radical (unpaired) electrons. The Kier molecular flexibility index (Phi) is 5.22. The molecule has 90 valence electrons. The first-order valence-electron chi connectivity index (χ1n) is 5.77. The third-order valence-electron chi connectivity index (χ3n) is 2.47. The van der Waals surface area contributed by atoms with Gasteiger partial charge in [-0.1, -0.05) is 13.0 Å². The average Bonchev–Trinajstić information content (AvgIpc) is 2.29. The molecule has 0 aliphatic carbocycles. The van der Waals surface area contributed by atoms with E-state index in [0.717, 1.165) is 24.3 Å². The van der Waals surface area contributed by atoms with E-state index in [1.54, 1.807) is 6.20 Å². The standard InChI is InChI=1S/C12H21N3O/c1-3-7-15(8-9-16)12-11(10(2)13)5-4-6-14-12/h4-6,10,16H,3,7-9,13H2,1-2H3/t10-/m0/s1. The average molecular weight is 223 g/mol. The molecule has 3 N–H and O–H groups in total. The minimum Gasteiger partial charge on any atom is -0.395 e. The summed E-state index contributed by atoms with van der Waals surface area (Å²) in [5, 5.41) is 9.05. The Bertz CT molecular complexity index is 309. The number of nitrogens with two attached hydrogens (primary N) is 1. The zero-order valence-corrected chi connectivity index (χ0v) is 10.1. The maximum absolute atomic E-state index is 9.05. The number of nitrogens with zero attached hydrogens (tertiary/aromatic N) is 2. The lowest BCUT2D eigenvalue weighted by Crippen LogP contribution is -2.30. The van der Waals surface area contributed by atoms with Gasteiger partial charge in [0.1, 0.15) is 5.82 Å². The van der Waals surface area contributed by atoms with Gasteiger partial charge in [-0.25, -0.2) is 4.98 Å². The quantitative estimate of drug-likeness (QED) is 0.763. The second-order valence-corrected chi connectivity index (χ2v) is 3.92. The summed E-state index contributed by atoms with van der Waals surface area (Å²) in [6.45, 7) is 5.68. The van der Waals surface area contributed by atoms with Gasteiger partial charge in [-0.15, -0.1) is 0 Å². The minimum absolute atomic E-state index is 0.0400. The van der Waals surface area contributed by atoms with Gasteiger partial charge in [0, 0.05) is 30.9 Å². The number of rotatable bonds is 6. The monoisotopic (exact) mass is 223 g/mol. The lowest BCUT2D eigenvalue weighted by Gasteiger charge is -2.25. The molecule has 1 atom stereocenters. The van der Waals surface area contributed by atoms with Crippen LogP contribution in [-0.4, -0.2) is 29.8 Å². The summed E-state index contributed by atoms with van der Waals surface area (Å²) in [7, 11) is 0. The molecule has 1 rings (SSSR count). The van der Waals surface area contributed by atoms with E-state index in [2.05, 4.69) is 16.8 Å². The van der Waals surface area contributed by atoms with Gasteiger partial charge in [0.15, 0.2) is 0 Å². The van der Waals surface area contributed by atoms with Crippen molar-refractivity contribution < 1.29 is 5.11 Å². The highest BCUT2D eigenvalue weighted by Gasteiger charge is 2.13. The molecule has 16 heavy (non-hydrogen) atoms. The Morgan fingerprint density at radius 3 is 2.81 bits per heavy atom. The third-order valence-corrected chi connectivity index (χ3v) is 2.47. The highest BCUT2D eigenvalue weighted by molar-refractivity contribution is 5.48. The molecule has 0 saturated heterocycles. The van der Waals surface area contributed by atoms with Gasteiger partial charge < -0.3 is 15.7 Å². The van der Waals surface area contributed by atoms with Crippen molar-refractivity contribution in [1.82, 2.24) is 4.98 Å². The van der Waals surface area contributed by atoms with Crippen LogP contribution in [0.25, 0.3) is 0 Å². The largest absolute Gasteiger partial charge is 0.395 e. The topological polar surface area (TPSA) is 62.4 Å². The molecule has 0 spiro atoms. The first kappa shape index (κ1) is 12.9. The van der Waals surface area contributed by atoms with Crippen molar-refractivity contribution in [3.05, 3.63) is 23.9 Å². The van der Waals surface area contributed by atoms with E-state index < -0.39 is 0 Å². The fourth-order valence-corrected chi connectivity index (χ4v) is 1.74. The van der Waals surface area contributed by atoms with Crippen molar-refractivity contribution in [2.45, 2.75) is 26.3 Å². The second-order valence-electron chi connectivity index (χ2n) is 3.92. The summed E-state index contributed by atoms with van der Waals surface area (Å²) in [4.78, 5) is 6.45. The van der Waals surface area contributed by atoms with Crippen LogP contribution in [0.2, 0.25) is 0 Å². The zero-order chi connectivity index (χ0) is 12.0. The van der Waals surface area contributed by atoms with Gasteiger partial charge in [-0.2, -0.15) is 0 Å². The number of aliphatic hydroxyl groups excluding tert-OH is 1. The van der Waals surface area contributed by atoms with Crippen molar-refractivity contribution >= 4 is 5.82 Å². The molecule has 0 amide bonds. The molecule has 4 heteroatoms. The van der Waals surface area contributed by atoms with Gasteiger partial charge in [0.2, 0.25) is 0 Å². The summed E-state index contributed by atoms with van der Waals surface area (Å²) in [5.41, 5.74) is 6.95. The summed E-state index contributed by atoms with van der Waals surface area (Å²) >= 11 is 0. The Morgan fingerprint density at radius 2 is 2.25 bits per heavy atom. The van der Waals surface area contributed by atoms with Gasteiger partial charge in [0.25, 0.3) is 0 Å². The lowest BCUT2D eigenvalue weighted by molar-refractivity contribution is 0.301. The van der Waals surface area contributed by atoms with Crippen molar-refractivity contribution in [3.63, 3.8) is 0 Å². The maximum atomic E-state index is 9.05. The molecule has 0 saturated carbocycles. The molecule has 1 aromatic heterocycles. The van der Waals surface area contributed by atoms with Gasteiger partial charge in [-0.3, -0.25) is 0 Å². The van der Waals surface area contributed by atoms with E-state index in [-0.39, 0.29) is 12.6 Å². The predicted molar refractivity (Wildman–Crippen MR) is 66.4 cm³/mol. The molecule has 0 aromatic carbocycles. The van der Waals surface area contributed by atoms with Crippen LogP contribution in [0, 0.1) is 0 Å².